The summed E-state index contributed by atoms with van der Waals surface area (Å²) in [5.41, 5.74) is 8.71. The lowest BCUT2D eigenvalue weighted by molar-refractivity contribution is -0.121. The van der Waals surface area contributed by atoms with Crippen molar-refractivity contribution in [1.29, 1.82) is 0 Å². The fourth-order valence-electron chi connectivity index (χ4n) is 3.34. The molecule has 1 aliphatic rings. The number of hydrogen-bond donors (Lipinski definition) is 2. The van der Waals surface area contributed by atoms with E-state index in [1.165, 1.54) is 5.56 Å². The topological polar surface area (TPSA) is 58.4 Å². The van der Waals surface area contributed by atoms with Crippen LogP contribution < -0.4 is 11.1 Å². The van der Waals surface area contributed by atoms with E-state index in [-0.39, 0.29) is 11.9 Å². The predicted molar refractivity (Wildman–Crippen MR) is 97.4 cm³/mol. The van der Waals surface area contributed by atoms with Crippen LogP contribution in [0.2, 0.25) is 0 Å². The molecule has 0 aromatic heterocycles. The third-order valence-corrected chi connectivity index (χ3v) is 4.64. The lowest BCUT2D eigenvalue weighted by Crippen LogP contribution is -2.37. The molecule has 2 unspecified atom stereocenters. The first-order chi connectivity index (χ1) is 11.6. The van der Waals surface area contributed by atoms with Gasteiger partial charge in [-0.15, -0.1) is 0 Å². The minimum atomic E-state index is 0.0820. The number of rotatable bonds is 5. The van der Waals surface area contributed by atoms with Gasteiger partial charge >= 0.3 is 0 Å². The predicted octanol–water partition coefficient (Wildman–Crippen LogP) is 2.59. The summed E-state index contributed by atoms with van der Waals surface area (Å²) < 4.78 is 0. The summed E-state index contributed by atoms with van der Waals surface area (Å²) in [5, 5.41) is 3.18. The Labute approximate surface area is 143 Å². The maximum absolute atomic E-state index is 12.3. The molecule has 0 bridgehead atoms. The Morgan fingerprint density at radius 2 is 1.83 bits per heavy atom. The van der Waals surface area contributed by atoms with Gasteiger partial charge in [-0.05, 0) is 36.6 Å². The lowest BCUT2D eigenvalue weighted by Gasteiger charge is -2.20. The van der Waals surface area contributed by atoms with Crippen molar-refractivity contribution in [2.75, 3.05) is 12.3 Å². The van der Waals surface area contributed by atoms with Crippen molar-refractivity contribution in [1.82, 2.24) is 10.2 Å². The molecule has 0 radical (unpaired) electrons. The molecule has 3 N–H and O–H groups in total. The van der Waals surface area contributed by atoms with Gasteiger partial charge in [0.05, 0.1) is 6.42 Å². The third kappa shape index (κ3) is 4.36. The summed E-state index contributed by atoms with van der Waals surface area (Å²) in [4.78, 5) is 14.7. The van der Waals surface area contributed by atoms with Crippen molar-refractivity contribution in [2.45, 2.75) is 38.4 Å². The van der Waals surface area contributed by atoms with Crippen LogP contribution in [0.5, 0.6) is 0 Å². The molecule has 0 saturated carbocycles. The first-order valence-corrected chi connectivity index (χ1v) is 8.52. The number of nitrogens with zero attached hydrogens (tertiary/aromatic N) is 1. The molecule has 1 saturated heterocycles. The molecule has 2 atom stereocenters. The van der Waals surface area contributed by atoms with Crippen molar-refractivity contribution < 1.29 is 4.79 Å². The van der Waals surface area contributed by atoms with Gasteiger partial charge in [0, 0.05) is 30.9 Å². The van der Waals surface area contributed by atoms with Crippen molar-refractivity contribution in [3.8, 4) is 0 Å². The second-order valence-corrected chi connectivity index (χ2v) is 6.68. The summed E-state index contributed by atoms with van der Waals surface area (Å²) in [6.45, 7) is 4.07. The SMILES string of the molecule is CC1CC(NC(=O)Cc2ccc(N)cc2)CN1Cc1ccccc1. The minimum absolute atomic E-state index is 0.0820. The van der Waals surface area contributed by atoms with E-state index in [1.54, 1.807) is 0 Å². The number of nitrogen functional groups attached to an aromatic ring is 1. The average molecular weight is 323 g/mol. The maximum Gasteiger partial charge on any atom is 0.224 e. The Morgan fingerprint density at radius 3 is 2.54 bits per heavy atom. The number of anilines is 1. The molecule has 1 amide bonds. The highest BCUT2D eigenvalue weighted by molar-refractivity contribution is 5.79. The van der Waals surface area contributed by atoms with Crippen molar-refractivity contribution in [3.63, 3.8) is 0 Å². The van der Waals surface area contributed by atoms with Gasteiger partial charge < -0.3 is 11.1 Å². The molecule has 1 heterocycles. The fourth-order valence-corrected chi connectivity index (χ4v) is 3.34. The fraction of sp³-hybridized carbons (Fsp3) is 0.350. The standard InChI is InChI=1S/C20H25N3O/c1-15-11-19(14-23(15)13-17-5-3-2-4-6-17)22-20(24)12-16-7-9-18(21)10-8-16/h2-10,15,19H,11-14,21H2,1H3,(H,22,24). The van der Waals surface area contributed by atoms with E-state index in [0.717, 1.165) is 30.8 Å². The van der Waals surface area contributed by atoms with Crippen LogP contribution in [-0.2, 0) is 17.8 Å². The molecular formula is C20H25N3O. The van der Waals surface area contributed by atoms with Gasteiger partial charge in [-0.2, -0.15) is 0 Å². The normalized spacial score (nSPS) is 20.9. The van der Waals surface area contributed by atoms with Gasteiger partial charge in [-0.25, -0.2) is 0 Å². The molecule has 3 rings (SSSR count). The largest absolute Gasteiger partial charge is 0.399 e. The number of likely N-dealkylation sites (tertiary alicyclic amines) is 1. The number of nitrogens with two attached hydrogens (primary N) is 1. The Hall–Kier alpha value is -2.33. The van der Waals surface area contributed by atoms with Crippen molar-refractivity contribution in [2.24, 2.45) is 0 Å². The van der Waals surface area contributed by atoms with Gasteiger partial charge in [0.1, 0.15) is 0 Å². The highest BCUT2D eigenvalue weighted by Crippen LogP contribution is 2.20. The number of carbonyl (C=O) groups excluding carboxylic acids is 1. The van der Waals surface area contributed by atoms with Crippen LogP contribution in [0.15, 0.2) is 54.6 Å². The average Bonchev–Trinajstić information content (AvgIpc) is 2.90. The summed E-state index contributed by atoms with van der Waals surface area (Å²) >= 11 is 0. The second kappa shape index (κ2) is 7.49. The van der Waals surface area contributed by atoms with Crippen molar-refractivity contribution in [3.05, 3.63) is 65.7 Å². The molecule has 4 nitrogen and oxygen atoms in total. The first kappa shape index (κ1) is 16.5. The van der Waals surface area contributed by atoms with E-state index >= 15 is 0 Å². The zero-order chi connectivity index (χ0) is 16.9. The highest BCUT2D eigenvalue weighted by atomic mass is 16.1. The first-order valence-electron chi connectivity index (χ1n) is 8.52. The molecule has 0 aliphatic carbocycles. The molecule has 1 aliphatic heterocycles. The number of nitrogens with one attached hydrogen (secondary N) is 1. The van der Waals surface area contributed by atoms with Crippen LogP contribution in [0, 0.1) is 0 Å². The Bertz CT molecular complexity index is 669. The summed E-state index contributed by atoms with van der Waals surface area (Å²) in [6.07, 6.45) is 1.41. The molecule has 0 spiro atoms. The van der Waals surface area contributed by atoms with Crippen LogP contribution in [-0.4, -0.2) is 29.4 Å². The van der Waals surface area contributed by atoms with Crippen LogP contribution >= 0.6 is 0 Å². The molecule has 2 aromatic carbocycles. The lowest BCUT2D eigenvalue weighted by atomic mass is 10.1. The van der Waals surface area contributed by atoms with Gasteiger partial charge in [0.2, 0.25) is 5.91 Å². The molecular weight excluding hydrogens is 298 g/mol. The molecule has 126 valence electrons. The van der Waals surface area contributed by atoms with E-state index < -0.39 is 0 Å². The monoisotopic (exact) mass is 323 g/mol. The summed E-state index contributed by atoms with van der Waals surface area (Å²) in [6, 6.07) is 18.7. The molecule has 2 aromatic rings. The van der Waals surface area contributed by atoms with E-state index in [2.05, 4.69) is 41.4 Å². The third-order valence-electron chi connectivity index (χ3n) is 4.64. The number of hydrogen-bond acceptors (Lipinski definition) is 3. The van der Waals surface area contributed by atoms with E-state index in [0.29, 0.717) is 12.5 Å². The van der Waals surface area contributed by atoms with Crippen LogP contribution in [0.3, 0.4) is 0 Å². The molecule has 1 fully saturated rings. The Morgan fingerprint density at radius 1 is 1.12 bits per heavy atom. The number of amides is 1. The zero-order valence-electron chi connectivity index (χ0n) is 14.1. The Kier molecular flexibility index (Phi) is 5.16. The zero-order valence-corrected chi connectivity index (χ0v) is 14.1. The van der Waals surface area contributed by atoms with E-state index in [4.69, 9.17) is 5.73 Å². The van der Waals surface area contributed by atoms with Gasteiger partial charge in [0.25, 0.3) is 0 Å². The second-order valence-electron chi connectivity index (χ2n) is 6.68. The number of benzene rings is 2. The Balaban J connectivity index is 1.51. The minimum Gasteiger partial charge on any atom is -0.399 e. The molecule has 24 heavy (non-hydrogen) atoms. The van der Waals surface area contributed by atoms with Crippen LogP contribution in [0.4, 0.5) is 5.69 Å². The van der Waals surface area contributed by atoms with Crippen LogP contribution in [0.1, 0.15) is 24.5 Å². The quantitative estimate of drug-likeness (QED) is 0.832. The smallest absolute Gasteiger partial charge is 0.224 e. The maximum atomic E-state index is 12.3. The number of carbonyl (C=O) groups is 1. The van der Waals surface area contributed by atoms with Crippen LogP contribution in [0.25, 0.3) is 0 Å². The highest BCUT2D eigenvalue weighted by Gasteiger charge is 2.29. The van der Waals surface area contributed by atoms with E-state index in [1.807, 2.05) is 30.3 Å². The molecule has 4 heteroatoms. The van der Waals surface area contributed by atoms with Crippen molar-refractivity contribution >= 4 is 11.6 Å². The summed E-state index contributed by atoms with van der Waals surface area (Å²) in [7, 11) is 0. The van der Waals surface area contributed by atoms with Gasteiger partial charge in [-0.3, -0.25) is 9.69 Å². The van der Waals surface area contributed by atoms with Gasteiger partial charge in [0.15, 0.2) is 0 Å². The summed E-state index contributed by atoms with van der Waals surface area (Å²) in [5.74, 6) is 0.0820. The van der Waals surface area contributed by atoms with E-state index in [9.17, 15) is 4.79 Å². The van der Waals surface area contributed by atoms with Gasteiger partial charge in [-0.1, -0.05) is 42.5 Å².